The average molecular weight is 431 g/mol. The summed E-state index contributed by atoms with van der Waals surface area (Å²) in [6, 6.07) is 11.7. The van der Waals surface area contributed by atoms with Gasteiger partial charge in [0.05, 0.1) is 21.0 Å². The number of para-hydroxylation sites is 1. The zero-order chi connectivity index (χ0) is 20.8. The number of hydrogen-bond donors (Lipinski definition) is 1. The van der Waals surface area contributed by atoms with E-state index in [9.17, 15) is 13.2 Å². The molecule has 1 atom stereocenters. The number of fused-ring (bicyclic) bond motifs is 2. The number of aromatic amines is 1. The van der Waals surface area contributed by atoms with Crippen molar-refractivity contribution in [2.75, 3.05) is 14.1 Å². The monoisotopic (exact) mass is 430 g/mol. The first kappa shape index (κ1) is 19.6. The zero-order valence-corrected chi connectivity index (χ0v) is 17.5. The van der Waals surface area contributed by atoms with E-state index in [-0.39, 0.29) is 15.7 Å². The van der Waals surface area contributed by atoms with Crippen LogP contribution in [0.1, 0.15) is 18.0 Å². The first-order valence-corrected chi connectivity index (χ1v) is 11.1. The predicted octanol–water partition coefficient (Wildman–Crippen LogP) is 3.17. The second-order valence-corrected chi connectivity index (χ2v) is 10.1. The molecule has 0 saturated carbocycles. The summed E-state index contributed by atoms with van der Waals surface area (Å²) in [5.41, 5.74) is 1.35. The van der Waals surface area contributed by atoms with Crippen LogP contribution in [0.5, 0.6) is 0 Å². The maximum absolute atomic E-state index is 12.3. The van der Waals surface area contributed by atoms with E-state index >= 15 is 0 Å². The number of rotatable bonds is 5. The number of sulfonamides is 1. The first-order chi connectivity index (χ1) is 13.8. The van der Waals surface area contributed by atoms with Crippen molar-refractivity contribution in [3.63, 3.8) is 0 Å². The third kappa shape index (κ3) is 3.66. The molecule has 0 aliphatic heterocycles. The molecular formula is C19H18N4O4S2. The molecule has 0 unspecified atom stereocenters. The van der Waals surface area contributed by atoms with Gasteiger partial charge in [0.25, 0.3) is 10.8 Å². The Hall–Kier alpha value is -2.69. The van der Waals surface area contributed by atoms with Crippen LogP contribution in [0.25, 0.3) is 22.0 Å². The molecule has 0 saturated heterocycles. The Morgan fingerprint density at radius 2 is 1.86 bits per heavy atom. The molecule has 0 radical (unpaired) electrons. The molecule has 10 heteroatoms. The zero-order valence-electron chi connectivity index (χ0n) is 15.9. The molecule has 0 spiro atoms. The third-order valence-electron chi connectivity index (χ3n) is 4.41. The van der Waals surface area contributed by atoms with Gasteiger partial charge < -0.3 is 9.40 Å². The molecular weight excluding hydrogens is 412 g/mol. The number of nitrogens with zero attached hydrogens (tertiary/aromatic N) is 3. The first-order valence-electron chi connectivity index (χ1n) is 8.74. The smallest absolute Gasteiger partial charge is 0.258 e. The van der Waals surface area contributed by atoms with Gasteiger partial charge in [0.2, 0.25) is 10.0 Å². The second-order valence-electron chi connectivity index (χ2n) is 6.63. The highest BCUT2D eigenvalue weighted by Gasteiger charge is 2.20. The largest absolute Gasteiger partial charge is 0.431 e. The topological polar surface area (TPSA) is 109 Å². The molecule has 4 rings (SSSR count). The highest BCUT2D eigenvalue weighted by atomic mass is 32.2. The van der Waals surface area contributed by atoms with Crippen LogP contribution in [0.4, 0.5) is 0 Å². The van der Waals surface area contributed by atoms with Crippen molar-refractivity contribution in [2.24, 2.45) is 0 Å². The lowest BCUT2D eigenvalue weighted by Gasteiger charge is -2.10. The van der Waals surface area contributed by atoms with Crippen molar-refractivity contribution < 1.29 is 12.8 Å². The van der Waals surface area contributed by atoms with Gasteiger partial charge in [-0.3, -0.25) is 4.79 Å². The Labute approximate surface area is 171 Å². The summed E-state index contributed by atoms with van der Waals surface area (Å²) >= 11 is 1.29. The molecule has 2 aromatic heterocycles. The lowest BCUT2D eigenvalue weighted by Crippen LogP contribution is -2.22. The van der Waals surface area contributed by atoms with Gasteiger partial charge in [0.1, 0.15) is 11.3 Å². The third-order valence-corrected chi connectivity index (χ3v) is 7.18. The molecule has 29 heavy (non-hydrogen) atoms. The molecule has 0 aliphatic rings. The molecule has 0 aliphatic carbocycles. The van der Waals surface area contributed by atoms with Crippen LogP contribution in [-0.2, 0) is 10.0 Å². The lowest BCUT2D eigenvalue weighted by molar-refractivity contribution is 0.488. The normalized spacial score (nSPS) is 13.4. The van der Waals surface area contributed by atoms with Gasteiger partial charge in [-0.05, 0) is 37.3 Å². The quantitative estimate of drug-likeness (QED) is 0.484. The van der Waals surface area contributed by atoms with E-state index < -0.39 is 10.0 Å². The highest BCUT2D eigenvalue weighted by molar-refractivity contribution is 7.99. The van der Waals surface area contributed by atoms with Crippen LogP contribution in [0.15, 0.2) is 61.8 Å². The van der Waals surface area contributed by atoms with Gasteiger partial charge in [-0.25, -0.2) is 22.7 Å². The molecule has 150 valence electrons. The van der Waals surface area contributed by atoms with Crippen molar-refractivity contribution in [3.8, 4) is 0 Å². The number of H-pyrrole nitrogens is 1. The summed E-state index contributed by atoms with van der Waals surface area (Å²) in [5, 5.41) is 0.665. The van der Waals surface area contributed by atoms with E-state index in [1.54, 1.807) is 24.3 Å². The molecule has 0 fully saturated rings. The SMILES string of the molecule is C[C@H](Sc1nc2cc(S(=O)(=O)N(C)C)ccc2o1)c1nc2ccccc2c(=O)[nH]1. The van der Waals surface area contributed by atoms with Gasteiger partial charge in [0.15, 0.2) is 5.58 Å². The van der Waals surface area contributed by atoms with Gasteiger partial charge in [-0.2, -0.15) is 0 Å². The number of oxazole rings is 1. The number of thioether (sulfide) groups is 1. The van der Waals surface area contributed by atoms with E-state index in [0.717, 1.165) is 4.31 Å². The van der Waals surface area contributed by atoms with Gasteiger partial charge in [0, 0.05) is 14.1 Å². The molecule has 4 aromatic rings. The van der Waals surface area contributed by atoms with Crippen molar-refractivity contribution in [2.45, 2.75) is 22.3 Å². The van der Waals surface area contributed by atoms with Crippen LogP contribution in [0.3, 0.4) is 0 Å². The van der Waals surface area contributed by atoms with Crippen LogP contribution < -0.4 is 5.56 Å². The van der Waals surface area contributed by atoms with Gasteiger partial charge in [-0.1, -0.05) is 23.9 Å². The van der Waals surface area contributed by atoms with E-state index in [0.29, 0.717) is 33.0 Å². The van der Waals surface area contributed by atoms with Crippen LogP contribution in [-0.4, -0.2) is 41.8 Å². The molecule has 0 bridgehead atoms. The average Bonchev–Trinajstić information content (AvgIpc) is 3.09. The summed E-state index contributed by atoms with van der Waals surface area (Å²) in [6.45, 7) is 1.88. The minimum Gasteiger partial charge on any atom is -0.431 e. The van der Waals surface area contributed by atoms with Crippen LogP contribution in [0, 0.1) is 0 Å². The van der Waals surface area contributed by atoms with Gasteiger partial charge in [-0.15, -0.1) is 0 Å². The maximum Gasteiger partial charge on any atom is 0.258 e. The Bertz CT molecular complexity index is 1380. The van der Waals surface area contributed by atoms with Gasteiger partial charge >= 0.3 is 0 Å². The van der Waals surface area contributed by atoms with Crippen molar-refractivity contribution in [3.05, 3.63) is 58.6 Å². The Morgan fingerprint density at radius 1 is 1.10 bits per heavy atom. The fraction of sp³-hybridized carbons (Fsp3) is 0.211. The van der Waals surface area contributed by atoms with Crippen molar-refractivity contribution in [1.82, 2.24) is 19.3 Å². The molecule has 8 nitrogen and oxygen atoms in total. The Kier molecular flexibility index (Phi) is 4.93. The van der Waals surface area contributed by atoms with E-state index in [1.165, 1.54) is 38.0 Å². The summed E-state index contributed by atoms with van der Waals surface area (Å²) < 4.78 is 31.5. The molecule has 2 heterocycles. The van der Waals surface area contributed by atoms with Crippen molar-refractivity contribution in [1.29, 1.82) is 0 Å². The Balaban J connectivity index is 1.65. The number of aromatic nitrogens is 3. The van der Waals surface area contributed by atoms with Crippen LogP contribution >= 0.6 is 11.8 Å². The number of benzene rings is 2. The minimum absolute atomic E-state index is 0.147. The maximum atomic E-state index is 12.3. The van der Waals surface area contributed by atoms with Crippen molar-refractivity contribution >= 4 is 43.8 Å². The minimum atomic E-state index is -3.56. The summed E-state index contributed by atoms with van der Waals surface area (Å²) in [7, 11) is -0.606. The fourth-order valence-electron chi connectivity index (χ4n) is 2.81. The molecule has 0 amide bonds. The van der Waals surface area contributed by atoms with E-state index in [2.05, 4.69) is 15.0 Å². The highest BCUT2D eigenvalue weighted by Crippen LogP contribution is 2.34. The predicted molar refractivity (Wildman–Crippen MR) is 112 cm³/mol. The number of nitrogens with one attached hydrogen (secondary N) is 1. The number of hydrogen-bond acceptors (Lipinski definition) is 7. The second kappa shape index (κ2) is 7.29. The standard InChI is InChI=1S/C19H18N4O4S2/c1-11(17-20-14-7-5-4-6-13(14)18(24)22-17)28-19-21-15-10-12(8-9-16(15)27-19)29(25,26)23(2)3/h4-11H,1-3H3,(H,20,22,24)/t11-/m0/s1. The van der Waals surface area contributed by atoms with E-state index in [1.807, 2.05) is 13.0 Å². The molecule has 2 aromatic carbocycles. The lowest BCUT2D eigenvalue weighted by atomic mass is 10.2. The summed E-state index contributed by atoms with van der Waals surface area (Å²) in [6.07, 6.45) is 0. The molecule has 1 N–H and O–H groups in total. The summed E-state index contributed by atoms with van der Waals surface area (Å²) in [5.74, 6) is 0.511. The summed E-state index contributed by atoms with van der Waals surface area (Å²) in [4.78, 5) is 24.1. The Morgan fingerprint density at radius 3 is 2.62 bits per heavy atom. The van der Waals surface area contributed by atoms with Crippen LogP contribution in [0.2, 0.25) is 0 Å². The fourth-order valence-corrected chi connectivity index (χ4v) is 4.55. The van der Waals surface area contributed by atoms with E-state index in [4.69, 9.17) is 4.42 Å².